The minimum absolute atomic E-state index is 0.164. The standard InChI is InChI=1S/C8H6ClN3O/c9-7-2-1-6(5-11-7)12-8(13)3-4-10/h1-2,5H,3H2,(H,12,13). The fraction of sp³-hybridized carbons (Fsp3) is 0.125. The number of hydrogen-bond acceptors (Lipinski definition) is 3. The Morgan fingerprint density at radius 3 is 3.00 bits per heavy atom. The van der Waals surface area contributed by atoms with Crippen LogP contribution in [0.3, 0.4) is 0 Å². The van der Waals surface area contributed by atoms with Gasteiger partial charge in [0.25, 0.3) is 0 Å². The Morgan fingerprint density at radius 2 is 2.46 bits per heavy atom. The highest BCUT2D eigenvalue weighted by Gasteiger charge is 2.00. The third-order valence-corrected chi connectivity index (χ3v) is 1.47. The zero-order chi connectivity index (χ0) is 9.68. The van der Waals surface area contributed by atoms with Crippen molar-refractivity contribution in [2.24, 2.45) is 0 Å². The molecule has 1 aromatic rings. The average Bonchev–Trinajstić information content (AvgIpc) is 2.09. The highest BCUT2D eigenvalue weighted by molar-refractivity contribution is 6.29. The molecular weight excluding hydrogens is 190 g/mol. The van der Waals surface area contributed by atoms with E-state index in [9.17, 15) is 4.79 Å². The van der Waals surface area contributed by atoms with Gasteiger partial charge < -0.3 is 5.32 Å². The molecule has 0 fully saturated rings. The van der Waals surface area contributed by atoms with Crippen LogP contribution >= 0.6 is 11.6 Å². The van der Waals surface area contributed by atoms with Crippen LogP contribution in [0.25, 0.3) is 0 Å². The largest absolute Gasteiger partial charge is 0.324 e. The van der Waals surface area contributed by atoms with Crippen molar-refractivity contribution in [3.8, 4) is 6.07 Å². The van der Waals surface area contributed by atoms with Crippen molar-refractivity contribution >= 4 is 23.2 Å². The molecule has 0 spiro atoms. The fourth-order valence-corrected chi connectivity index (χ4v) is 0.839. The summed E-state index contributed by atoms with van der Waals surface area (Å²) >= 11 is 5.53. The Kier molecular flexibility index (Phi) is 3.23. The molecule has 0 atom stereocenters. The highest BCUT2D eigenvalue weighted by atomic mass is 35.5. The van der Waals surface area contributed by atoms with Gasteiger partial charge in [-0.3, -0.25) is 4.79 Å². The SMILES string of the molecule is N#CCC(=O)Nc1ccc(Cl)nc1. The lowest BCUT2D eigenvalue weighted by atomic mass is 10.4. The van der Waals surface area contributed by atoms with Gasteiger partial charge in [0.05, 0.1) is 18.0 Å². The maximum absolute atomic E-state index is 10.9. The smallest absolute Gasteiger partial charge is 0.238 e. The number of nitrogens with one attached hydrogen (secondary N) is 1. The summed E-state index contributed by atoms with van der Waals surface area (Å²) in [6, 6.07) is 4.92. The van der Waals surface area contributed by atoms with E-state index in [1.54, 1.807) is 18.2 Å². The first-order chi connectivity index (χ1) is 6.22. The second-order valence-corrected chi connectivity index (χ2v) is 2.64. The van der Waals surface area contributed by atoms with Crippen LogP contribution in [-0.2, 0) is 4.79 Å². The Labute approximate surface area is 80.2 Å². The minimum Gasteiger partial charge on any atom is -0.324 e. The second-order valence-electron chi connectivity index (χ2n) is 2.25. The number of carbonyl (C=O) groups is 1. The lowest BCUT2D eigenvalue weighted by Gasteiger charge is -2.00. The zero-order valence-electron chi connectivity index (χ0n) is 6.62. The molecule has 1 heterocycles. The predicted molar refractivity (Wildman–Crippen MR) is 48.1 cm³/mol. The summed E-state index contributed by atoms with van der Waals surface area (Å²) in [6.45, 7) is 0. The quantitative estimate of drug-likeness (QED) is 0.729. The number of carbonyl (C=O) groups excluding carboxylic acids is 1. The molecule has 0 saturated carbocycles. The van der Waals surface area contributed by atoms with E-state index < -0.39 is 0 Å². The molecule has 66 valence electrons. The van der Waals surface area contributed by atoms with Gasteiger partial charge in [-0.2, -0.15) is 5.26 Å². The van der Waals surface area contributed by atoms with E-state index >= 15 is 0 Å². The van der Waals surface area contributed by atoms with Gasteiger partial charge in [-0.15, -0.1) is 0 Å². The topological polar surface area (TPSA) is 65.8 Å². The summed E-state index contributed by atoms with van der Waals surface area (Å²) in [5.74, 6) is -0.355. The molecular formula is C8H6ClN3O. The van der Waals surface area contributed by atoms with Crippen molar-refractivity contribution in [3.05, 3.63) is 23.5 Å². The summed E-state index contributed by atoms with van der Waals surface area (Å²) < 4.78 is 0. The number of aromatic nitrogens is 1. The van der Waals surface area contributed by atoms with Crippen molar-refractivity contribution in [1.82, 2.24) is 4.98 Å². The third-order valence-electron chi connectivity index (χ3n) is 1.25. The number of anilines is 1. The predicted octanol–water partition coefficient (Wildman–Crippen LogP) is 1.59. The number of pyridine rings is 1. The van der Waals surface area contributed by atoms with Crippen LogP contribution in [0.1, 0.15) is 6.42 Å². The zero-order valence-corrected chi connectivity index (χ0v) is 7.38. The molecule has 5 heteroatoms. The van der Waals surface area contributed by atoms with Crippen LogP contribution in [0.5, 0.6) is 0 Å². The molecule has 0 aromatic carbocycles. The normalized spacial score (nSPS) is 8.92. The van der Waals surface area contributed by atoms with E-state index in [4.69, 9.17) is 16.9 Å². The van der Waals surface area contributed by atoms with Crippen LogP contribution < -0.4 is 5.32 Å². The van der Waals surface area contributed by atoms with Gasteiger partial charge in [0, 0.05) is 0 Å². The molecule has 4 nitrogen and oxygen atoms in total. The van der Waals surface area contributed by atoms with Gasteiger partial charge in [0.1, 0.15) is 11.6 Å². The van der Waals surface area contributed by atoms with Crippen molar-refractivity contribution < 1.29 is 4.79 Å². The van der Waals surface area contributed by atoms with E-state index in [0.717, 1.165) is 0 Å². The molecule has 0 aliphatic heterocycles. The van der Waals surface area contributed by atoms with E-state index in [-0.39, 0.29) is 12.3 Å². The van der Waals surface area contributed by atoms with Gasteiger partial charge in [-0.05, 0) is 12.1 Å². The first kappa shape index (κ1) is 9.49. The Bertz CT molecular complexity index is 341. The molecule has 13 heavy (non-hydrogen) atoms. The fourth-order valence-electron chi connectivity index (χ4n) is 0.727. The van der Waals surface area contributed by atoms with Crippen LogP contribution in [0, 0.1) is 11.3 Å². The van der Waals surface area contributed by atoms with Gasteiger partial charge in [0.2, 0.25) is 5.91 Å². The van der Waals surface area contributed by atoms with Crippen LogP contribution in [-0.4, -0.2) is 10.9 Å². The van der Waals surface area contributed by atoms with Crippen LogP contribution in [0.2, 0.25) is 5.15 Å². The highest BCUT2D eigenvalue weighted by Crippen LogP contribution is 2.09. The van der Waals surface area contributed by atoms with Crippen LogP contribution in [0.4, 0.5) is 5.69 Å². The summed E-state index contributed by atoms with van der Waals surface area (Å²) in [5, 5.41) is 11.1. The van der Waals surface area contributed by atoms with E-state index in [0.29, 0.717) is 10.8 Å². The second kappa shape index (κ2) is 4.43. The Morgan fingerprint density at radius 1 is 1.69 bits per heavy atom. The van der Waals surface area contributed by atoms with Gasteiger partial charge in [-0.25, -0.2) is 4.98 Å². The first-order valence-electron chi connectivity index (χ1n) is 3.50. The number of rotatable bonds is 2. The molecule has 0 radical (unpaired) electrons. The molecule has 0 aliphatic rings. The molecule has 0 aliphatic carbocycles. The number of halogens is 1. The van der Waals surface area contributed by atoms with Gasteiger partial charge >= 0.3 is 0 Å². The molecule has 1 N–H and O–H groups in total. The average molecular weight is 196 g/mol. The van der Waals surface area contributed by atoms with Crippen LogP contribution in [0.15, 0.2) is 18.3 Å². The number of nitrogens with zero attached hydrogens (tertiary/aromatic N) is 2. The maximum atomic E-state index is 10.9. The Hall–Kier alpha value is -1.60. The minimum atomic E-state index is -0.355. The molecule has 0 saturated heterocycles. The lowest BCUT2D eigenvalue weighted by molar-refractivity contribution is -0.115. The molecule has 1 rings (SSSR count). The van der Waals surface area contributed by atoms with E-state index in [2.05, 4.69) is 10.3 Å². The number of hydrogen-bond donors (Lipinski definition) is 1. The van der Waals surface area contributed by atoms with Gasteiger partial charge in [0.15, 0.2) is 0 Å². The Balaban J connectivity index is 2.60. The summed E-state index contributed by atoms with van der Waals surface area (Å²) in [7, 11) is 0. The van der Waals surface area contributed by atoms with E-state index in [1.807, 2.05) is 0 Å². The number of nitriles is 1. The molecule has 1 aromatic heterocycles. The van der Waals surface area contributed by atoms with Crippen molar-refractivity contribution in [2.75, 3.05) is 5.32 Å². The molecule has 1 amide bonds. The lowest BCUT2D eigenvalue weighted by Crippen LogP contribution is -2.09. The van der Waals surface area contributed by atoms with Crippen molar-refractivity contribution in [3.63, 3.8) is 0 Å². The van der Waals surface area contributed by atoms with Crippen molar-refractivity contribution in [1.29, 1.82) is 5.26 Å². The first-order valence-corrected chi connectivity index (χ1v) is 3.88. The van der Waals surface area contributed by atoms with Crippen molar-refractivity contribution in [2.45, 2.75) is 6.42 Å². The summed E-state index contributed by atoms with van der Waals surface area (Å²) in [6.07, 6.45) is 1.26. The van der Waals surface area contributed by atoms with E-state index in [1.165, 1.54) is 6.20 Å². The van der Waals surface area contributed by atoms with Gasteiger partial charge in [-0.1, -0.05) is 11.6 Å². The molecule has 0 unspecified atom stereocenters. The number of amides is 1. The maximum Gasteiger partial charge on any atom is 0.238 e. The summed E-state index contributed by atoms with van der Waals surface area (Å²) in [5.41, 5.74) is 0.532. The third kappa shape index (κ3) is 3.09. The summed E-state index contributed by atoms with van der Waals surface area (Å²) in [4.78, 5) is 14.7. The monoisotopic (exact) mass is 195 g/mol. The molecule has 0 bridgehead atoms.